The first kappa shape index (κ1) is 21.3. The molecule has 0 atom stereocenters. The van der Waals surface area contributed by atoms with Crippen molar-refractivity contribution < 1.29 is 23.9 Å². The molecule has 2 aromatic carbocycles. The lowest BCUT2D eigenvalue weighted by molar-refractivity contribution is -0.384. The Morgan fingerprint density at radius 3 is 2.41 bits per heavy atom. The third-order valence-corrected chi connectivity index (χ3v) is 5.25. The number of nitro groups is 1. The second kappa shape index (κ2) is 9.04. The Hall–Kier alpha value is -3.95. The summed E-state index contributed by atoms with van der Waals surface area (Å²) in [5, 5.41) is 11.5. The zero-order valence-electron chi connectivity index (χ0n) is 17.7. The highest BCUT2D eigenvalue weighted by Gasteiger charge is 2.22. The highest BCUT2D eigenvalue weighted by molar-refractivity contribution is 5.85. The summed E-state index contributed by atoms with van der Waals surface area (Å²) in [6.07, 6.45) is 1.54. The zero-order chi connectivity index (χ0) is 22.7. The predicted octanol–water partition coefficient (Wildman–Crippen LogP) is 3.73. The van der Waals surface area contributed by atoms with Crippen LogP contribution in [0.3, 0.4) is 0 Å². The molecule has 166 valence electrons. The molecule has 2 heterocycles. The van der Waals surface area contributed by atoms with Crippen molar-refractivity contribution in [3.05, 3.63) is 52.6 Å². The van der Waals surface area contributed by atoms with Gasteiger partial charge in [0.1, 0.15) is 17.6 Å². The van der Waals surface area contributed by atoms with E-state index in [4.69, 9.17) is 14.2 Å². The number of carbonyl (C=O) groups excluding carboxylic acids is 1. The molecule has 1 amide bonds. The largest absolute Gasteiger partial charge is 0.490 e. The minimum absolute atomic E-state index is 0.0163. The maximum atomic E-state index is 11.5. The second-order valence-electron chi connectivity index (χ2n) is 7.37. The molecule has 10 nitrogen and oxygen atoms in total. The fraction of sp³-hybridized carbons (Fsp3) is 0.318. The lowest BCUT2D eigenvalue weighted by Gasteiger charge is -2.31. The first-order valence-electron chi connectivity index (χ1n) is 10.1. The number of benzene rings is 2. The Morgan fingerprint density at radius 2 is 1.78 bits per heavy atom. The van der Waals surface area contributed by atoms with Gasteiger partial charge in [0.2, 0.25) is 11.8 Å². The highest BCUT2D eigenvalue weighted by atomic mass is 16.6. The van der Waals surface area contributed by atoms with E-state index in [1.165, 1.54) is 31.4 Å². The van der Waals surface area contributed by atoms with Gasteiger partial charge in [-0.3, -0.25) is 14.9 Å². The van der Waals surface area contributed by atoms with E-state index in [0.29, 0.717) is 35.5 Å². The van der Waals surface area contributed by atoms with Crippen LogP contribution in [0, 0.1) is 10.1 Å². The maximum absolute atomic E-state index is 11.5. The van der Waals surface area contributed by atoms with E-state index in [2.05, 4.69) is 9.97 Å². The summed E-state index contributed by atoms with van der Waals surface area (Å²) in [5.41, 5.74) is 0.547. The number of hydrogen-bond acceptors (Lipinski definition) is 8. The highest BCUT2D eigenvalue weighted by Crippen LogP contribution is 2.32. The van der Waals surface area contributed by atoms with Gasteiger partial charge in [-0.25, -0.2) is 0 Å². The van der Waals surface area contributed by atoms with Gasteiger partial charge in [-0.2, -0.15) is 9.97 Å². The number of hydrogen-bond donors (Lipinski definition) is 0. The van der Waals surface area contributed by atoms with Gasteiger partial charge in [0, 0.05) is 51.1 Å². The first-order valence-corrected chi connectivity index (χ1v) is 10.1. The number of methoxy groups -OCH3 is 1. The van der Waals surface area contributed by atoms with Crippen molar-refractivity contribution in [1.82, 2.24) is 14.9 Å². The molecule has 1 aromatic heterocycles. The van der Waals surface area contributed by atoms with Crippen molar-refractivity contribution in [3.8, 4) is 23.4 Å². The number of ether oxygens (including phenoxy) is 3. The summed E-state index contributed by atoms with van der Waals surface area (Å²) >= 11 is 0. The second-order valence-corrected chi connectivity index (χ2v) is 7.37. The van der Waals surface area contributed by atoms with Gasteiger partial charge in [-0.1, -0.05) is 0 Å². The first-order chi connectivity index (χ1) is 15.4. The molecule has 0 saturated carbocycles. The predicted molar refractivity (Wildman–Crippen MR) is 115 cm³/mol. The van der Waals surface area contributed by atoms with Crippen LogP contribution in [0.15, 0.2) is 42.5 Å². The Balaban J connectivity index is 1.55. The van der Waals surface area contributed by atoms with Crippen molar-refractivity contribution in [2.75, 3.05) is 20.2 Å². The Kier molecular flexibility index (Phi) is 6.02. The Bertz CT molecular complexity index is 1140. The number of non-ortho nitro benzene ring substituents is 1. The minimum atomic E-state index is -0.474. The molecule has 4 rings (SSSR count). The van der Waals surface area contributed by atoms with Crippen LogP contribution in [-0.2, 0) is 4.79 Å². The molecule has 0 spiro atoms. The fourth-order valence-electron chi connectivity index (χ4n) is 3.53. The molecule has 0 N–H and O–H groups in total. The molecule has 0 bridgehead atoms. The van der Waals surface area contributed by atoms with Crippen LogP contribution < -0.4 is 14.2 Å². The summed E-state index contributed by atoms with van der Waals surface area (Å²) in [4.78, 5) is 32.4. The van der Waals surface area contributed by atoms with Crippen molar-refractivity contribution in [3.63, 3.8) is 0 Å². The molecule has 0 aliphatic carbocycles. The standard InChI is InChI=1S/C22H22N4O6/c1-14(27)25-11-9-17(10-12-25)31-18-7-8-19-20(13-18)23-22(30-2)24-21(19)32-16-5-3-15(4-6-16)26(28)29/h3-8,13,17H,9-12H2,1-2H3. The van der Waals surface area contributed by atoms with Crippen LogP contribution in [-0.4, -0.2) is 52.0 Å². The fourth-order valence-corrected chi connectivity index (χ4v) is 3.53. The van der Waals surface area contributed by atoms with E-state index in [9.17, 15) is 14.9 Å². The van der Waals surface area contributed by atoms with Gasteiger partial charge in [0.15, 0.2) is 0 Å². The van der Waals surface area contributed by atoms with Gasteiger partial charge in [-0.15, -0.1) is 0 Å². The molecular formula is C22H22N4O6. The smallest absolute Gasteiger partial charge is 0.320 e. The summed E-state index contributed by atoms with van der Waals surface area (Å²) < 4.78 is 17.2. The van der Waals surface area contributed by atoms with Crippen molar-refractivity contribution in [2.24, 2.45) is 0 Å². The minimum Gasteiger partial charge on any atom is -0.490 e. The van der Waals surface area contributed by atoms with Crippen LogP contribution in [0.2, 0.25) is 0 Å². The van der Waals surface area contributed by atoms with E-state index in [1.807, 2.05) is 11.0 Å². The monoisotopic (exact) mass is 438 g/mol. The SMILES string of the molecule is COc1nc(Oc2ccc([N+](=O)[O-])cc2)c2ccc(OC3CCN(C(C)=O)CC3)cc2n1. The molecule has 1 fully saturated rings. The van der Waals surface area contributed by atoms with E-state index in [1.54, 1.807) is 19.1 Å². The molecular weight excluding hydrogens is 416 g/mol. The molecule has 0 unspecified atom stereocenters. The average molecular weight is 438 g/mol. The number of fused-ring (bicyclic) bond motifs is 1. The van der Waals surface area contributed by atoms with Crippen molar-refractivity contribution >= 4 is 22.5 Å². The number of aromatic nitrogens is 2. The molecule has 10 heteroatoms. The van der Waals surface area contributed by atoms with Gasteiger partial charge in [0.05, 0.1) is 22.9 Å². The van der Waals surface area contributed by atoms with Gasteiger partial charge in [0.25, 0.3) is 5.69 Å². The number of nitrogens with zero attached hydrogens (tertiary/aromatic N) is 4. The van der Waals surface area contributed by atoms with Crippen LogP contribution in [0.1, 0.15) is 19.8 Å². The molecule has 1 aliphatic heterocycles. The summed E-state index contributed by atoms with van der Waals surface area (Å²) in [6.45, 7) is 2.93. The molecule has 0 radical (unpaired) electrons. The van der Waals surface area contributed by atoms with Crippen molar-refractivity contribution in [2.45, 2.75) is 25.9 Å². The lowest BCUT2D eigenvalue weighted by atomic mass is 10.1. The van der Waals surface area contributed by atoms with Crippen molar-refractivity contribution in [1.29, 1.82) is 0 Å². The summed E-state index contributed by atoms with van der Waals surface area (Å²) in [5.74, 6) is 1.40. The molecule has 3 aromatic rings. The normalized spacial score (nSPS) is 14.2. The number of likely N-dealkylation sites (tertiary alicyclic amines) is 1. The lowest BCUT2D eigenvalue weighted by Crippen LogP contribution is -2.40. The Morgan fingerprint density at radius 1 is 1.09 bits per heavy atom. The average Bonchev–Trinajstić information content (AvgIpc) is 2.79. The van der Waals surface area contributed by atoms with Crippen LogP contribution in [0.4, 0.5) is 5.69 Å². The topological polar surface area (TPSA) is 117 Å². The number of nitro benzene ring substituents is 1. The molecule has 1 saturated heterocycles. The zero-order valence-corrected chi connectivity index (χ0v) is 17.7. The number of piperidine rings is 1. The van der Waals surface area contributed by atoms with E-state index >= 15 is 0 Å². The van der Waals surface area contributed by atoms with Gasteiger partial charge < -0.3 is 19.1 Å². The number of rotatable bonds is 6. The van der Waals surface area contributed by atoms with E-state index in [-0.39, 0.29) is 29.6 Å². The van der Waals surface area contributed by atoms with Crippen LogP contribution >= 0.6 is 0 Å². The third-order valence-electron chi connectivity index (χ3n) is 5.25. The Labute approximate surface area is 183 Å². The molecule has 32 heavy (non-hydrogen) atoms. The summed E-state index contributed by atoms with van der Waals surface area (Å²) in [7, 11) is 1.46. The van der Waals surface area contributed by atoms with Crippen LogP contribution in [0.25, 0.3) is 10.9 Å². The number of amides is 1. The van der Waals surface area contributed by atoms with E-state index < -0.39 is 4.92 Å². The van der Waals surface area contributed by atoms with E-state index in [0.717, 1.165) is 12.8 Å². The summed E-state index contributed by atoms with van der Waals surface area (Å²) in [6, 6.07) is 11.3. The number of carbonyl (C=O) groups is 1. The third kappa shape index (κ3) is 4.69. The maximum Gasteiger partial charge on any atom is 0.320 e. The van der Waals surface area contributed by atoms with Gasteiger partial charge >= 0.3 is 6.01 Å². The quantitative estimate of drug-likeness (QED) is 0.422. The molecule has 1 aliphatic rings. The van der Waals surface area contributed by atoms with Gasteiger partial charge in [-0.05, 0) is 24.3 Å². The van der Waals surface area contributed by atoms with Crippen LogP contribution in [0.5, 0.6) is 23.4 Å².